The fourth-order valence-electron chi connectivity index (χ4n) is 2.71. The summed E-state index contributed by atoms with van der Waals surface area (Å²) in [5.74, 6) is 0.919. The van der Waals surface area contributed by atoms with Gasteiger partial charge >= 0.3 is 0 Å². The summed E-state index contributed by atoms with van der Waals surface area (Å²) >= 11 is 0. The number of hydrogen-bond acceptors (Lipinski definition) is 2. The molecule has 1 aromatic heterocycles. The first-order valence-electron chi connectivity index (χ1n) is 8.98. The van der Waals surface area contributed by atoms with Gasteiger partial charge in [-0.1, -0.05) is 30.3 Å². The van der Waals surface area contributed by atoms with Crippen molar-refractivity contribution in [1.29, 1.82) is 0 Å². The molecule has 5 heteroatoms. The maximum absolute atomic E-state index is 12.1. The van der Waals surface area contributed by atoms with E-state index in [-0.39, 0.29) is 17.5 Å². The molecule has 2 aromatic rings. The van der Waals surface area contributed by atoms with Crippen LogP contribution in [-0.2, 0) is 4.79 Å². The number of carbonyl (C=O) groups is 1. The summed E-state index contributed by atoms with van der Waals surface area (Å²) in [4.78, 5) is 12.1. The summed E-state index contributed by atoms with van der Waals surface area (Å²) in [6, 6.07) is 13.9. The molecule has 0 saturated carbocycles. The van der Waals surface area contributed by atoms with Gasteiger partial charge in [0.15, 0.2) is 18.3 Å². The van der Waals surface area contributed by atoms with Crippen LogP contribution >= 0.6 is 0 Å². The second-order valence-corrected chi connectivity index (χ2v) is 7.41. The fourth-order valence-corrected chi connectivity index (χ4v) is 2.71. The number of nitrogens with one attached hydrogen (secondary N) is 1. The Morgan fingerprint density at radius 1 is 1.16 bits per heavy atom. The van der Waals surface area contributed by atoms with Crippen molar-refractivity contribution < 1.29 is 19.8 Å². The Balaban J connectivity index is 1.78. The lowest BCUT2D eigenvalue weighted by Crippen LogP contribution is -2.94. The molecule has 5 N–H and O–H groups in total. The third kappa shape index (κ3) is 7.11. The number of furan rings is 1. The van der Waals surface area contributed by atoms with E-state index in [0.717, 1.165) is 30.8 Å². The second-order valence-electron chi connectivity index (χ2n) is 7.41. The third-order valence-electron chi connectivity index (χ3n) is 4.01. The largest absolute Gasteiger partial charge is 0.463 e. The average molecular weight is 345 g/mol. The molecule has 25 heavy (non-hydrogen) atoms. The van der Waals surface area contributed by atoms with Crippen LogP contribution < -0.4 is 16.0 Å². The zero-order chi connectivity index (χ0) is 18.1. The summed E-state index contributed by atoms with van der Waals surface area (Å²) in [6.45, 7) is 8.70. The topological polar surface area (TPSA) is 75.5 Å². The van der Waals surface area contributed by atoms with Gasteiger partial charge in [0.2, 0.25) is 0 Å². The number of amides is 1. The minimum Gasteiger partial charge on any atom is -0.463 e. The highest BCUT2D eigenvalue weighted by atomic mass is 16.3. The summed E-state index contributed by atoms with van der Waals surface area (Å²) in [6.07, 6.45) is 2.65. The molecule has 136 valence electrons. The third-order valence-corrected chi connectivity index (χ3v) is 4.01. The lowest BCUT2D eigenvalue weighted by molar-refractivity contribution is -0.717. The van der Waals surface area contributed by atoms with Crippen molar-refractivity contribution >= 4 is 5.91 Å². The minimum absolute atomic E-state index is 0.00354. The molecule has 0 fully saturated rings. The van der Waals surface area contributed by atoms with E-state index in [1.807, 2.05) is 35.6 Å². The molecule has 2 rings (SSSR count). The van der Waals surface area contributed by atoms with E-state index in [1.165, 1.54) is 0 Å². The zero-order valence-electron chi connectivity index (χ0n) is 15.5. The summed E-state index contributed by atoms with van der Waals surface area (Å²) in [7, 11) is 0. The van der Waals surface area contributed by atoms with Crippen LogP contribution in [0.4, 0.5) is 0 Å². The van der Waals surface area contributed by atoms with Crippen molar-refractivity contribution in [3.63, 3.8) is 0 Å². The molecular formula is C20H31N3O2+2. The standard InChI is InChI=1S/C20H29N3O2/c1-20(2,3)23-13-8-12-21-18(24)15-22-19(17-11-7-14-25-17)16-9-5-4-6-10-16/h4-7,9-11,14,19,22-23H,8,12-13,15H2,1-3H3,(H,21,24)/p+2/t19-/m1/s1. The Kier molecular flexibility index (Phi) is 7.22. The summed E-state index contributed by atoms with van der Waals surface area (Å²) in [5.41, 5.74) is 1.37. The highest BCUT2D eigenvalue weighted by molar-refractivity contribution is 5.76. The molecule has 0 unspecified atom stereocenters. The Morgan fingerprint density at radius 2 is 1.92 bits per heavy atom. The van der Waals surface area contributed by atoms with Gasteiger partial charge in [-0.05, 0) is 32.9 Å². The lowest BCUT2D eigenvalue weighted by Gasteiger charge is -2.17. The average Bonchev–Trinajstić information content (AvgIpc) is 3.09. The number of carbonyl (C=O) groups excluding carboxylic acids is 1. The van der Waals surface area contributed by atoms with Crippen LogP contribution in [0.15, 0.2) is 53.1 Å². The fraction of sp³-hybridized carbons (Fsp3) is 0.450. The van der Waals surface area contributed by atoms with Crippen molar-refractivity contribution in [3.05, 3.63) is 60.1 Å². The molecule has 0 aliphatic carbocycles. The van der Waals surface area contributed by atoms with Crippen molar-refractivity contribution in [2.75, 3.05) is 19.6 Å². The van der Waals surface area contributed by atoms with Gasteiger partial charge in [0.05, 0.1) is 18.3 Å². The van der Waals surface area contributed by atoms with E-state index in [1.54, 1.807) is 6.26 Å². The number of nitrogens with two attached hydrogens (primary N) is 2. The predicted octanol–water partition coefficient (Wildman–Crippen LogP) is 0.801. The molecule has 0 aliphatic rings. The molecular weight excluding hydrogens is 314 g/mol. The van der Waals surface area contributed by atoms with Gasteiger partial charge in [0, 0.05) is 18.5 Å². The SMILES string of the molecule is CC(C)(C)[NH2+]CCCNC(=O)C[NH2+][C@H](c1ccccc1)c1ccco1. The molecule has 0 radical (unpaired) electrons. The van der Waals surface area contributed by atoms with E-state index >= 15 is 0 Å². The van der Waals surface area contributed by atoms with Crippen molar-refractivity contribution in [1.82, 2.24) is 5.32 Å². The number of benzene rings is 1. The van der Waals surface area contributed by atoms with E-state index in [4.69, 9.17) is 4.42 Å². The molecule has 5 nitrogen and oxygen atoms in total. The van der Waals surface area contributed by atoms with Crippen LogP contribution in [0.2, 0.25) is 0 Å². The highest BCUT2D eigenvalue weighted by Crippen LogP contribution is 2.18. The van der Waals surface area contributed by atoms with Gasteiger partial charge in [0.25, 0.3) is 5.91 Å². The van der Waals surface area contributed by atoms with E-state index in [2.05, 4.69) is 43.5 Å². The molecule has 0 bridgehead atoms. The smallest absolute Gasteiger partial charge is 0.275 e. The van der Waals surface area contributed by atoms with E-state index in [9.17, 15) is 4.79 Å². The normalized spacial score (nSPS) is 12.8. The summed E-state index contributed by atoms with van der Waals surface area (Å²) in [5, 5.41) is 7.32. The first kappa shape index (κ1) is 19.2. The first-order chi connectivity index (χ1) is 12.0. The van der Waals surface area contributed by atoms with Gasteiger partial charge in [0.1, 0.15) is 0 Å². The second kappa shape index (κ2) is 9.39. The quantitative estimate of drug-likeness (QED) is 0.588. The van der Waals surface area contributed by atoms with Crippen molar-refractivity contribution in [2.24, 2.45) is 0 Å². The van der Waals surface area contributed by atoms with Crippen LogP contribution in [0.5, 0.6) is 0 Å². The van der Waals surface area contributed by atoms with Crippen LogP contribution in [0.3, 0.4) is 0 Å². The summed E-state index contributed by atoms with van der Waals surface area (Å²) < 4.78 is 5.56. The van der Waals surface area contributed by atoms with Crippen LogP contribution in [-0.4, -0.2) is 31.1 Å². The monoisotopic (exact) mass is 345 g/mol. The number of quaternary nitrogens is 2. The molecule has 1 heterocycles. The Bertz CT molecular complexity index is 618. The van der Waals surface area contributed by atoms with Crippen LogP contribution in [0, 0.1) is 0 Å². The van der Waals surface area contributed by atoms with Gasteiger partial charge in [-0.3, -0.25) is 4.79 Å². The number of rotatable bonds is 9. The molecule has 0 spiro atoms. The van der Waals surface area contributed by atoms with Crippen molar-refractivity contribution in [2.45, 2.75) is 38.8 Å². The maximum Gasteiger partial charge on any atom is 0.275 e. The van der Waals surface area contributed by atoms with Crippen molar-refractivity contribution in [3.8, 4) is 0 Å². The van der Waals surface area contributed by atoms with E-state index < -0.39 is 0 Å². The lowest BCUT2D eigenvalue weighted by atomic mass is 10.0. The van der Waals surface area contributed by atoms with Crippen LogP contribution in [0.25, 0.3) is 0 Å². The Labute approximate surface area is 150 Å². The van der Waals surface area contributed by atoms with Gasteiger partial charge < -0.3 is 20.4 Å². The van der Waals surface area contributed by atoms with Gasteiger partial charge in [-0.15, -0.1) is 0 Å². The molecule has 1 aromatic carbocycles. The zero-order valence-corrected chi connectivity index (χ0v) is 15.5. The number of hydrogen-bond donors (Lipinski definition) is 3. The van der Waals surface area contributed by atoms with Gasteiger partial charge in [-0.2, -0.15) is 0 Å². The molecule has 0 saturated heterocycles. The Hall–Kier alpha value is -2.11. The maximum atomic E-state index is 12.1. The highest BCUT2D eigenvalue weighted by Gasteiger charge is 2.21. The van der Waals surface area contributed by atoms with Gasteiger partial charge in [-0.25, -0.2) is 0 Å². The molecule has 1 atom stereocenters. The minimum atomic E-state index is -0.00354. The predicted molar refractivity (Wildman–Crippen MR) is 98.0 cm³/mol. The Morgan fingerprint density at radius 3 is 2.56 bits per heavy atom. The van der Waals surface area contributed by atoms with Crippen LogP contribution in [0.1, 0.15) is 44.6 Å². The molecule has 0 aliphatic heterocycles. The van der Waals surface area contributed by atoms with E-state index in [0.29, 0.717) is 6.54 Å². The molecule has 1 amide bonds. The first-order valence-corrected chi connectivity index (χ1v) is 8.98.